The third-order valence-corrected chi connectivity index (χ3v) is 7.66. The van der Waals surface area contributed by atoms with Gasteiger partial charge in [0.05, 0.1) is 11.7 Å². The first kappa shape index (κ1) is 23.0. The number of H-pyrrole nitrogens is 1. The molecule has 1 atom stereocenters. The summed E-state index contributed by atoms with van der Waals surface area (Å²) in [5, 5.41) is 10.3. The molecule has 3 aliphatic heterocycles. The number of anilines is 1. The van der Waals surface area contributed by atoms with Gasteiger partial charge >= 0.3 is 6.03 Å². The van der Waals surface area contributed by atoms with Crippen molar-refractivity contribution in [2.75, 3.05) is 25.5 Å². The summed E-state index contributed by atoms with van der Waals surface area (Å²) in [6.07, 6.45) is 2.88. The van der Waals surface area contributed by atoms with Crippen molar-refractivity contribution in [3.8, 4) is 5.88 Å². The Balaban J connectivity index is 1.58. The minimum Gasteiger partial charge on any atom is -0.494 e. The summed E-state index contributed by atoms with van der Waals surface area (Å²) in [6, 6.07) is 4.46. The molecule has 1 spiro atoms. The molecule has 35 heavy (non-hydrogen) atoms. The van der Waals surface area contributed by atoms with E-state index in [0.29, 0.717) is 18.7 Å². The lowest BCUT2D eigenvalue weighted by molar-refractivity contribution is -0.159. The third kappa shape index (κ3) is 3.16. The van der Waals surface area contributed by atoms with Crippen LogP contribution in [0.1, 0.15) is 24.0 Å². The number of aliphatic imine (C=N–C) groups is 1. The van der Waals surface area contributed by atoms with Crippen molar-refractivity contribution in [2.24, 2.45) is 17.5 Å². The zero-order chi connectivity index (χ0) is 25.2. The highest BCUT2D eigenvalue weighted by molar-refractivity contribution is 7.71. The van der Waals surface area contributed by atoms with Gasteiger partial charge in [0.2, 0.25) is 17.7 Å². The maximum atomic E-state index is 13.5. The van der Waals surface area contributed by atoms with Crippen LogP contribution in [0, 0.1) is 10.2 Å². The molecule has 1 aromatic carbocycles. The molecule has 0 aliphatic carbocycles. The fraction of sp³-hybridized carbons (Fsp3) is 0.391. The van der Waals surface area contributed by atoms with Crippen molar-refractivity contribution in [3.05, 3.63) is 44.5 Å². The second-order valence-corrected chi connectivity index (χ2v) is 9.52. The van der Waals surface area contributed by atoms with Gasteiger partial charge in [0.25, 0.3) is 5.56 Å². The van der Waals surface area contributed by atoms with Gasteiger partial charge in [0, 0.05) is 39.6 Å². The van der Waals surface area contributed by atoms with E-state index in [9.17, 15) is 24.3 Å². The number of urea groups is 1. The SMILES string of the molecule is CN1C(=O)N(C)C(=O)C2(Cc3cc(N=Cc4c(O)n(C)c(=S)[nH]c4=O)ccc3N3CCCC32)C1=O. The number of barbiturate groups is 1. The molecule has 4 amide bonds. The standard InChI is InChI=1S/C23H24N6O5S/c1-26-18(31)14(17(30)25-21(26)35)11-24-13-6-7-15-12(9-13)10-23(16-5-4-8-29(15)16)19(32)27(2)22(34)28(3)20(23)33/h6-7,9,11,16,31H,4-5,8,10H2,1-3H3,(H,25,30,35). The zero-order valence-electron chi connectivity index (χ0n) is 19.4. The van der Waals surface area contributed by atoms with E-state index in [4.69, 9.17) is 12.2 Å². The number of aromatic amines is 1. The van der Waals surface area contributed by atoms with Crippen LogP contribution in [0.15, 0.2) is 28.0 Å². The number of benzene rings is 1. The van der Waals surface area contributed by atoms with Gasteiger partial charge in [-0.25, -0.2) is 4.79 Å². The van der Waals surface area contributed by atoms with Crippen LogP contribution in [0.25, 0.3) is 0 Å². The highest BCUT2D eigenvalue weighted by Gasteiger charge is 2.63. The Morgan fingerprint density at radius 3 is 2.51 bits per heavy atom. The van der Waals surface area contributed by atoms with Gasteiger partial charge < -0.3 is 10.0 Å². The van der Waals surface area contributed by atoms with Crippen LogP contribution < -0.4 is 10.5 Å². The third-order valence-electron chi connectivity index (χ3n) is 7.28. The van der Waals surface area contributed by atoms with Crippen molar-refractivity contribution in [3.63, 3.8) is 0 Å². The van der Waals surface area contributed by atoms with E-state index in [2.05, 4.69) is 14.9 Å². The fourth-order valence-electron chi connectivity index (χ4n) is 5.47. The van der Waals surface area contributed by atoms with Gasteiger partial charge in [0.15, 0.2) is 10.2 Å². The van der Waals surface area contributed by atoms with Crippen LogP contribution in [-0.2, 0) is 23.1 Å². The lowest BCUT2D eigenvalue weighted by Crippen LogP contribution is -2.70. The van der Waals surface area contributed by atoms with E-state index >= 15 is 0 Å². The van der Waals surface area contributed by atoms with Crippen molar-refractivity contribution in [2.45, 2.75) is 25.3 Å². The Bertz CT molecular complexity index is 1420. The van der Waals surface area contributed by atoms with Crippen molar-refractivity contribution < 1.29 is 19.5 Å². The van der Waals surface area contributed by atoms with Crippen LogP contribution in [0.5, 0.6) is 5.88 Å². The molecule has 5 rings (SSSR count). The first-order chi connectivity index (χ1) is 16.6. The lowest BCUT2D eigenvalue weighted by atomic mass is 9.68. The predicted molar refractivity (Wildman–Crippen MR) is 130 cm³/mol. The molecule has 0 bridgehead atoms. The second-order valence-electron chi connectivity index (χ2n) is 9.14. The number of aromatic hydroxyl groups is 1. The molecule has 182 valence electrons. The highest BCUT2D eigenvalue weighted by atomic mass is 32.1. The number of carbonyl (C=O) groups excluding carboxylic acids is 3. The average molecular weight is 497 g/mol. The summed E-state index contributed by atoms with van der Waals surface area (Å²) < 4.78 is 1.34. The Morgan fingerprint density at radius 1 is 1.14 bits per heavy atom. The predicted octanol–water partition coefficient (Wildman–Crippen LogP) is 1.46. The van der Waals surface area contributed by atoms with E-state index in [1.54, 1.807) is 12.1 Å². The van der Waals surface area contributed by atoms with Crippen LogP contribution in [0.3, 0.4) is 0 Å². The number of carbonyl (C=O) groups is 3. The number of nitrogens with zero attached hydrogens (tertiary/aromatic N) is 5. The van der Waals surface area contributed by atoms with Crippen molar-refractivity contribution >= 4 is 47.7 Å². The Labute approximate surface area is 205 Å². The van der Waals surface area contributed by atoms with E-state index in [1.165, 1.54) is 31.9 Å². The van der Waals surface area contributed by atoms with Gasteiger partial charge in [-0.15, -0.1) is 0 Å². The molecule has 4 heterocycles. The first-order valence-corrected chi connectivity index (χ1v) is 11.5. The van der Waals surface area contributed by atoms with Crippen LogP contribution in [-0.4, -0.2) is 75.2 Å². The van der Waals surface area contributed by atoms with Crippen LogP contribution >= 0.6 is 12.2 Å². The number of rotatable bonds is 2. The maximum Gasteiger partial charge on any atom is 0.332 e. The van der Waals surface area contributed by atoms with Gasteiger partial charge in [-0.05, 0) is 55.2 Å². The minimum absolute atomic E-state index is 0.0469. The van der Waals surface area contributed by atoms with Crippen LogP contribution in [0.2, 0.25) is 0 Å². The van der Waals surface area contributed by atoms with Crippen molar-refractivity contribution in [1.82, 2.24) is 19.4 Å². The van der Waals surface area contributed by atoms with Gasteiger partial charge in [0.1, 0.15) is 5.56 Å². The molecular weight excluding hydrogens is 472 g/mol. The zero-order valence-corrected chi connectivity index (χ0v) is 20.3. The second kappa shape index (κ2) is 7.87. The first-order valence-electron chi connectivity index (χ1n) is 11.1. The molecule has 3 aliphatic rings. The monoisotopic (exact) mass is 496 g/mol. The Hall–Kier alpha value is -3.80. The fourth-order valence-corrected chi connectivity index (χ4v) is 5.65. The van der Waals surface area contributed by atoms with Crippen molar-refractivity contribution in [1.29, 1.82) is 0 Å². The van der Waals surface area contributed by atoms with Crippen LogP contribution in [0.4, 0.5) is 16.2 Å². The maximum absolute atomic E-state index is 13.5. The molecule has 0 radical (unpaired) electrons. The molecule has 2 saturated heterocycles. The number of fused-ring (bicyclic) bond motifs is 4. The summed E-state index contributed by atoms with van der Waals surface area (Å²) >= 11 is 4.99. The highest BCUT2D eigenvalue weighted by Crippen LogP contribution is 2.49. The summed E-state index contributed by atoms with van der Waals surface area (Å²) in [7, 11) is 4.33. The molecule has 0 saturated carbocycles. The number of hydrogen-bond donors (Lipinski definition) is 2. The average Bonchev–Trinajstić information content (AvgIpc) is 3.34. The number of aromatic nitrogens is 2. The largest absolute Gasteiger partial charge is 0.494 e. The normalized spacial score (nSPS) is 21.3. The molecule has 12 heteroatoms. The smallest absolute Gasteiger partial charge is 0.332 e. The number of amides is 4. The number of imide groups is 2. The van der Waals surface area contributed by atoms with E-state index in [1.807, 2.05) is 6.07 Å². The minimum atomic E-state index is -1.40. The number of nitrogens with one attached hydrogen (secondary N) is 1. The summed E-state index contributed by atoms with van der Waals surface area (Å²) in [4.78, 5) is 62.6. The van der Waals surface area contributed by atoms with E-state index in [-0.39, 0.29) is 28.7 Å². The summed E-state index contributed by atoms with van der Waals surface area (Å²) in [5.74, 6) is -1.29. The molecule has 2 fully saturated rings. The molecule has 11 nitrogen and oxygen atoms in total. The van der Waals surface area contributed by atoms with E-state index in [0.717, 1.165) is 27.5 Å². The summed E-state index contributed by atoms with van der Waals surface area (Å²) in [6.45, 7) is 0.692. The lowest BCUT2D eigenvalue weighted by Gasteiger charge is -2.50. The number of hydrogen-bond acceptors (Lipinski definition) is 8. The molecular formula is C23H24N6O5S. The topological polar surface area (TPSA) is 131 Å². The van der Waals surface area contributed by atoms with Gasteiger partial charge in [-0.1, -0.05) is 0 Å². The van der Waals surface area contributed by atoms with E-state index < -0.39 is 28.8 Å². The van der Waals surface area contributed by atoms with Gasteiger partial charge in [-0.3, -0.25) is 38.7 Å². The molecule has 2 N–H and O–H groups in total. The Morgan fingerprint density at radius 2 is 1.83 bits per heavy atom. The molecule has 2 aromatic rings. The molecule has 1 aromatic heterocycles. The Kier molecular flexibility index (Phi) is 5.16. The quantitative estimate of drug-likeness (QED) is 0.366. The van der Waals surface area contributed by atoms with Gasteiger partial charge in [-0.2, -0.15) is 0 Å². The molecule has 1 unspecified atom stereocenters. The summed E-state index contributed by atoms with van der Waals surface area (Å²) in [5.41, 5.74) is 0.136.